The zero-order valence-corrected chi connectivity index (χ0v) is 13.8. The largest absolute Gasteiger partial charge is 0.512 e. The maximum atomic E-state index is 14.3. The van der Waals surface area contributed by atoms with Crippen molar-refractivity contribution in [1.29, 1.82) is 0 Å². The molecule has 4 aliphatic carbocycles. The summed E-state index contributed by atoms with van der Waals surface area (Å²) in [5.74, 6) is 0.880. The molecule has 0 aromatic heterocycles. The molecule has 0 saturated heterocycles. The van der Waals surface area contributed by atoms with Gasteiger partial charge in [0.2, 0.25) is 0 Å². The van der Waals surface area contributed by atoms with E-state index in [1.807, 2.05) is 6.08 Å². The van der Waals surface area contributed by atoms with Gasteiger partial charge in [0, 0.05) is 18.4 Å². The SMILES string of the molecule is C[C@]12CC[C@H]3[C@@H](C(O)=CC4CC(=O)C=C[C@@]43C)[C@@H]1C[C@@H](F)[C@@H]2N. The highest BCUT2D eigenvalue weighted by Gasteiger charge is 2.62. The van der Waals surface area contributed by atoms with Gasteiger partial charge >= 0.3 is 0 Å². The first-order chi connectivity index (χ1) is 10.8. The number of rotatable bonds is 0. The molecule has 0 bridgehead atoms. The zero-order valence-electron chi connectivity index (χ0n) is 13.8. The number of carbonyl (C=O) groups is 1. The van der Waals surface area contributed by atoms with Gasteiger partial charge in [0.1, 0.15) is 6.17 Å². The number of carbonyl (C=O) groups excluding carboxylic acids is 1. The van der Waals surface area contributed by atoms with Crippen molar-refractivity contribution in [2.75, 3.05) is 0 Å². The van der Waals surface area contributed by atoms with E-state index in [0.29, 0.717) is 18.6 Å². The number of allylic oxidation sites excluding steroid dienone is 4. The van der Waals surface area contributed by atoms with Gasteiger partial charge in [0.25, 0.3) is 0 Å². The van der Waals surface area contributed by atoms with Gasteiger partial charge < -0.3 is 10.8 Å². The van der Waals surface area contributed by atoms with Gasteiger partial charge in [-0.15, -0.1) is 0 Å². The third-order valence-electron chi connectivity index (χ3n) is 7.70. The lowest BCUT2D eigenvalue weighted by Crippen LogP contribution is -2.54. The van der Waals surface area contributed by atoms with Crippen molar-refractivity contribution in [3.05, 3.63) is 24.0 Å². The van der Waals surface area contributed by atoms with Crippen LogP contribution in [0.25, 0.3) is 0 Å². The summed E-state index contributed by atoms with van der Waals surface area (Å²) >= 11 is 0. The summed E-state index contributed by atoms with van der Waals surface area (Å²) in [6.45, 7) is 4.30. The summed E-state index contributed by atoms with van der Waals surface area (Å²) in [5.41, 5.74) is 5.83. The van der Waals surface area contributed by atoms with Gasteiger partial charge in [-0.2, -0.15) is 0 Å². The quantitative estimate of drug-likeness (QED) is 0.720. The molecule has 2 saturated carbocycles. The highest BCUT2D eigenvalue weighted by Crippen LogP contribution is 2.64. The normalized spacial score (nSPS) is 55.0. The first-order valence-corrected chi connectivity index (χ1v) is 8.80. The molecule has 3 N–H and O–H groups in total. The summed E-state index contributed by atoms with van der Waals surface area (Å²) in [7, 11) is 0. The molecule has 0 aliphatic heterocycles. The molecule has 0 heterocycles. The average molecular weight is 319 g/mol. The minimum absolute atomic E-state index is 0.0281. The zero-order chi connectivity index (χ0) is 16.6. The molecule has 2 fully saturated rings. The van der Waals surface area contributed by atoms with Crippen LogP contribution in [0.2, 0.25) is 0 Å². The summed E-state index contributed by atoms with van der Waals surface area (Å²) in [6.07, 6.45) is 7.40. The van der Waals surface area contributed by atoms with Gasteiger partial charge in [-0.1, -0.05) is 19.9 Å². The first kappa shape index (κ1) is 15.4. The molecule has 3 nitrogen and oxygen atoms in total. The smallest absolute Gasteiger partial charge is 0.156 e. The van der Waals surface area contributed by atoms with Crippen LogP contribution in [0, 0.1) is 34.5 Å². The Morgan fingerprint density at radius 2 is 2.09 bits per heavy atom. The monoisotopic (exact) mass is 319 g/mol. The highest BCUT2D eigenvalue weighted by atomic mass is 19.1. The summed E-state index contributed by atoms with van der Waals surface area (Å²) in [6, 6.07) is -0.435. The fourth-order valence-corrected chi connectivity index (χ4v) is 6.12. The van der Waals surface area contributed by atoms with Gasteiger partial charge in [0.15, 0.2) is 5.78 Å². The minimum Gasteiger partial charge on any atom is -0.512 e. The molecule has 1 unspecified atom stereocenters. The van der Waals surface area contributed by atoms with Crippen molar-refractivity contribution in [2.24, 2.45) is 40.2 Å². The van der Waals surface area contributed by atoms with Crippen molar-refractivity contribution < 1.29 is 14.3 Å². The topological polar surface area (TPSA) is 63.3 Å². The van der Waals surface area contributed by atoms with E-state index in [2.05, 4.69) is 19.9 Å². The maximum absolute atomic E-state index is 14.3. The lowest BCUT2D eigenvalue weighted by molar-refractivity contribution is -0.118. The number of hydrogen-bond acceptors (Lipinski definition) is 3. The van der Waals surface area contributed by atoms with E-state index in [9.17, 15) is 14.3 Å². The summed E-state index contributed by atoms with van der Waals surface area (Å²) < 4.78 is 14.3. The Morgan fingerprint density at radius 1 is 1.35 bits per heavy atom. The second kappa shape index (κ2) is 4.69. The van der Waals surface area contributed by atoms with E-state index in [-0.39, 0.29) is 40.3 Å². The molecule has 0 radical (unpaired) electrons. The lowest BCUT2D eigenvalue weighted by atomic mass is 9.48. The third kappa shape index (κ3) is 1.87. The van der Waals surface area contributed by atoms with Crippen LogP contribution < -0.4 is 5.73 Å². The minimum atomic E-state index is -0.981. The van der Waals surface area contributed by atoms with E-state index in [1.54, 1.807) is 6.08 Å². The van der Waals surface area contributed by atoms with Crippen LogP contribution in [0.15, 0.2) is 24.0 Å². The van der Waals surface area contributed by atoms with E-state index < -0.39 is 12.2 Å². The Hall–Kier alpha value is -1.16. The van der Waals surface area contributed by atoms with Crippen molar-refractivity contribution in [3.8, 4) is 0 Å². The second-order valence-electron chi connectivity index (χ2n) is 8.63. The molecular weight excluding hydrogens is 293 g/mol. The molecule has 4 aliphatic rings. The van der Waals surface area contributed by atoms with Gasteiger partial charge in [-0.3, -0.25) is 4.79 Å². The van der Waals surface area contributed by atoms with Crippen molar-refractivity contribution in [3.63, 3.8) is 0 Å². The van der Waals surface area contributed by atoms with Crippen LogP contribution in [-0.4, -0.2) is 23.1 Å². The number of fused-ring (bicyclic) bond motifs is 5. The third-order valence-corrected chi connectivity index (χ3v) is 7.70. The molecule has 4 rings (SSSR count). The number of halogens is 1. The average Bonchev–Trinajstić information content (AvgIpc) is 2.73. The molecule has 0 amide bonds. The number of aliphatic hydroxyl groups is 1. The molecule has 4 heteroatoms. The van der Waals surface area contributed by atoms with Crippen molar-refractivity contribution >= 4 is 5.78 Å². The molecule has 0 aromatic rings. The van der Waals surface area contributed by atoms with Crippen molar-refractivity contribution in [1.82, 2.24) is 0 Å². The van der Waals surface area contributed by atoms with Crippen LogP contribution in [0.4, 0.5) is 4.39 Å². The van der Waals surface area contributed by atoms with Crippen LogP contribution in [0.5, 0.6) is 0 Å². The van der Waals surface area contributed by atoms with E-state index in [0.717, 1.165) is 12.8 Å². The molecule has 8 atom stereocenters. The summed E-state index contributed by atoms with van der Waals surface area (Å²) in [4.78, 5) is 11.8. The Bertz CT molecular complexity index is 614. The van der Waals surface area contributed by atoms with Crippen LogP contribution in [0.1, 0.15) is 39.5 Å². The Kier molecular flexibility index (Phi) is 3.13. The Labute approximate surface area is 136 Å². The number of alkyl halides is 1. The van der Waals surface area contributed by atoms with Crippen LogP contribution >= 0.6 is 0 Å². The summed E-state index contributed by atoms with van der Waals surface area (Å²) in [5, 5.41) is 10.7. The fourth-order valence-electron chi connectivity index (χ4n) is 6.12. The Balaban J connectivity index is 1.78. The first-order valence-electron chi connectivity index (χ1n) is 8.80. The molecule has 23 heavy (non-hydrogen) atoms. The molecule has 0 spiro atoms. The van der Waals surface area contributed by atoms with Crippen molar-refractivity contribution in [2.45, 2.75) is 51.7 Å². The standard InChI is InChI=1S/C19H26FNO2/c1-18-5-3-11(22)7-10(18)8-15(23)16-12(18)4-6-19(2)13(16)9-14(20)17(19)21/h3,5,8,10,12-14,16-17,23H,4,6-7,9,21H2,1-2H3/t10?,12-,13-,14+,16+,17-,18-,19-/m0/s1. The maximum Gasteiger partial charge on any atom is 0.156 e. The van der Waals surface area contributed by atoms with Gasteiger partial charge in [-0.25, -0.2) is 4.39 Å². The molecule has 0 aromatic carbocycles. The van der Waals surface area contributed by atoms with Crippen LogP contribution in [-0.2, 0) is 4.79 Å². The number of hydrogen-bond donors (Lipinski definition) is 2. The highest BCUT2D eigenvalue weighted by molar-refractivity contribution is 5.91. The van der Waals surface area contributed by atoms with E-state index in [4.69, 9.17) is 5.73 Å². The predicted octanol–water partition coefficient (Wildman–Crippen LogP) is 3.31. The predicted molar refractivity (Wildman–Crippen MR) is 86.4 cm³/mol. The number of nitrogens with two attached hydrogens (primary N) is 1. The number of ketones is 1. The van der Waals surface area contributed by atoms with Gasteiger partial charge in [0.05, 0.1) is 5.76 Å². The lowest BCUT2D eigenvalue weighted by Gasteiger charge is -2.56. The fraction of sp³-hybridized carbons (Fsp3) is 0.737. The van der Waals surface area contributed by atoms with Gasteiger partial charge in [-0.05, 0) is 60.0 Å². The van der Waals surface area contributed by atoms with E-state index in [1.165, 1.54) is 0 Å². The number of aliphatic hydroxyl groups excluding tert-OH is 1. The molecular formula is C19H26FNO2. The Morgan fingerprint density at radius 3 is 2.83 bits per heavy atom. The van der Waals surface area contributed by atoms with E-state index >= 15 is 0 Å². The molecule has 126 valence electrons. The van der Waals surface area contributed by atoms with Crippen LogP contribution in [0.3, 0.4) is 0 Å². The second-order valence-corrected chi connectivity index (χ2v) is 8.63.